The third-order valence-corrected chi connectivity index (χ3v) is 6.49. The number of methoxy groups -OCH3 is 1. The maximum absolute atomic E-state index is 5.88. The molecule has 1 saturated heterocycles. The molecule has 8 heteroatoms. The van der Waals surface area contributed by atoms with Gasteiger partial charge in [0.25, 0.3) is 0 Å². The molecule has 0 radical (unpaired) electrons. The van der Waals surface area contributed by atoms with Gasteiger partial charge >= 0.3 is 0 Å². The van der Waals surface area contributed by atoms with Crippen LogP contribution in [0.1, 0.15) is 18.3 Å². The molecule has 33 heavy (non-hydrogen) atoms. The molecule has 2 aromatic carbocycles. The highest BCUT2D eigenvalue weighted by atomic mass is 32.1. The van der Waals surface area contributed by atoms with E-state index in [0.29, 0.717) is 6.61 Å². The van der Waals surface area contributed by atoms with Crippen molar-refractivity contribution >= 4 is 12.2 Å². The Morgan fingerprint density at radius 1 is 0.909 bits per heavy atom. The Bertz CT molecular complexity index is 1060. The van der Waals surface area contributed by atoms with Crippen molar-refractivity contribution in [2.24, 2.45) is 0 Å². The van der Waals surface area contributed by atoms with Gasteiger partial charge in [0.15, 0.2) is 4.77 Å². The van der Waals surface area contributed by atoms with Gasteiger partial charge in [-0.2, -0.15) is 5.10 Å². The maximum atomic E-state index is 5.88. The van der Waals surface area contributed by atoms with Crippen molar-refractivity contribution in [3.05, 3.63) is 70.8 Å². The van der Waals surface area contributed by atoms with Gasteiger partial charge in [-0.15, -0.1) is 0 Å². The molecule has 0 atom stereocenters. The second-order valence-electron chi connectivity index (χ2n) is 8.23. The van der Waals surface area contributed by atoms with Crippen LogP contribution >= 0.6 is 12.2 Å². The Kier molecular flexibility index (Phi) is 8.15. The average Bonchev–Trinajstić information content (AvgIpc) is 3.14. The highest BCUT2D eigenvalue weighted by Gasteiger charge is 2.19. The van der Waals surface area contributed by atoms with Crippen LogP contribution in [0.25, 0.3) is 0 Å². The number of piperazine rings is 1. The van der Waals surface area contributed by atoms with Gasteiger partial charge in [0, 0.05) is 45.7 Å². The van der Waals surface area contributed by atoms with E-state index < -0.39 is 0 Å². The van der Waals surface area contributed by atoms with E-state index in [4.69, 9.17) is 26.8 Å². The molecule has 0 unspecified atom stereocenters. The van der Waals surface area contributed by atoms with Crippen molar-refractivity contribution in [2.45, 2.75) is 26.6 Å². The average molecular weight is 468 g/mol. The van der Waals surface area contributed by atoms with Gasteiger partial charge in [-0.05, 0) is 49.0 Å². The van der Waals surface area contributed by atoms with Gasteiger partial charge < -0.3 is 14.0 Å². The Hall–Kier alpha value is -2.68. The summed E-state index contributed by atoms with van der Waals surface area (Å²) in [7, 11) is 1.67. The molecule has 0 N–H and O–H groups in total. The summed E-state index contributed by atoms with van der Waals surface area (Å²) in [6.07, 6.45) is 0.799. The van der Waals surface area contributed by atoms with E-state index in [1.165, 1.54) is 5.56 Å². The Morgan fingerprint density at radius 2 is 1.58 bits per heavy atom. The van der Waals surface area contributed by atoms with Gasteiger partial charge in [0.05, 0.1) is 13.8 Å². The molecular formula is C25H33N5O2S. The minimum atomic E-state index is 0.682. The van der Waals surface area contributed by atoms with Gasteiger partial charge in [-0.25, -0.2) is 4.68 Å². The molecule has 0 spiro atoms. The van der Waals surface area contributed by atoms with Crippen LogP contribution in [0, 0.1) is 4.77 Å². The summed E-state index contributed by atoms with van der Waals surface area (Å²) in [5, 5.41) is 4.88. The van der Waals surface area contributed by atoms with E-state index in [0.717, 1.165) is 74.5 Å². The molecule has 0 saturated carbocycles. The largest absolute Gasteiger partial charge is 0.497 e. The van der Waals surface area contributed by atoms with Crippen LogP contribution in [0.3, 0.4) is 0 Å². The highest BCUT2D eigenvalue weighted by molar-refractivity contribution is 7.71. The lowest BCUT2D eigenvalue weighted by Gasteiger charge is -2.34. The van der Waals surface area contributed by atoms with E-state index in [1.807, 2.05) is 35.0 Å². The summed E-state index contributed by atoms with van der Waals surface area (Å²) in [6.45, 7) is 9.34. The molecule has 7 nitrogen and oxygen atoms in total. The third kappa shape index (κ3) is 6.22. The Balaban J connectivity index is 1.26. The molecule has 1 aliphatic rings. The molecule has 1 aliphatic heterocycles. The first-order valence-corrected chi connectivity index (χ1v) is 12.0. The summed E-state index contributed by atoms with van der Waals surface area (Å²) in [5.41, 5.74) is 1.25. The third-order valence-electron chi connectivity index (χ3n) is 6.06. The van der Waals surface area contributed by atoms with Crippen LogP contribution in [-0.2, 0) is 19.6 Å². The van der Waals surface area contributed by atoms with Crippen LogP contribution in [0.15, 0.2) is 54.6 Å². The van der Waals surface area contributed by atoms with E-state index >= 15 is 0 Å². The van der Waals surface area contributed by atoms with E-state index in [9.17, 15) is 0 Å². The van der Waals surface area contributed by atoms with Gasteiger partial charge in [-0.3, -0.25) is 9.80 Å². The zero-order chi connectivity index (χ0) is 23.0. The first-order chi connectivity index (χ1) is 16.2. The molecule has 0 aliphatic carbocycles. The second kappa shape index (κ2) is 11.4. The van der Waals surface area contributed by atoms with Crippen molar-refractivity contribution in [3.8, 4) is 11.5 Å². The lowest BCUT2D eigenvalue weighted by molar-refractivity contribution is 0.0919. The van der Waals surface area contributed by atoms with E-state index in [-0.39, 0.29) is 0 Å². The Morgan fingerprint density at radius 3 is 2.24 bits per heavy atom. The first kappa shape index (κ1) is 23.5. The van der Waals surface area contributed by atoms with Crippen LogP contribution in [0.5, 0.6) is 11.5 Å². The van der Waals surface area contributed by atoms with Crippen LogP contribution < -0.4 is 9.47 Å². The highest BCUT2D eigenvalue weighted by Crippen LogP contribution is 2.17. The smallest absolute Gasteiger partial charge is 0.199 e. The molecule has 2 heterocycles. The molecule has 4 rings (SSSR count). The van der Waals surface area contributed by atoms with Gasteiger partial charge in [-0.1, -0.05) is 30.3 Å². The van der Waals surface area contributed by atoms with Crippen molar-refractivity contribution in [1.82, 2.24) is 24.1 Å². The first-order valence-electron chi connectivity index (χ1n) is 11.6. The molecule has 0 bridgehead atoms. The van der Waals surface area contributed by atoms with Gasteiger partial charge in [0.1, 0.15) is 23.9 Å². The number of benzene rings is 2. The predicted octanol–water partition coefficient (Wildman–Crippen LogP) is 3.69. The monoisotopic (exact) mass is 467 g/mol. The van der Waals surface area contributed by atoms with Crippen LogP contribution in [-0.4, -0.2) is 70.6 Å². The number of hydrogen-bond acceptors (Lipinski definition) is 6. The SMILES string of the molecule is CCn1c(Cc2ccccc2)nn(CN2CCN(CCOc3ccc(OC)cc3)CC2)c1=S. The van der Waals surface area contributed by atoms with Crippen molar-refractivity contribution in [3.63, 3.8) is 0 Å². The number of rotatable bonds is 10. The standard InChI is InChI=1S/C25H33N5O2S/c1-3-29-24(19-21-7-5-4-6-8-21)26-30(25(29)33)20-28-15-13-27(14-16-28)17-18-32-23-11-9-22(31-2)10-12-23/h4-12H,3,13-20H2,1-2H3. The topological polar surface area (TPSA) is 47.7 Å². The fourth-order valence-electron chi connectivity index (χ4n) is 4.11. The fourth-order valence-corrected chi connectivity index (χ4v) is 4.45. The minimum absolute atomic E-state index is 0.682. The number of hydrogen-bond donors (Lipinski definition) is 0. The lowest BCUT2D eigenvalue weighted by Crippen LogP contribution is -2.47. The van der Waals surface area contributed by atoms with Crippen LogP contribution in [0.4, 0.5) is 0 Å². The fraction of sp³-hybridized carbons (Fsp3) is 0.440. The number of aromatic nitrogens is 3. The zero-order valence-electron chi connectivity index (χ0n) is 19.5. The summed E-state index contributed by atoms with van der Waals surface area (Å²) >= 11 is 5.74. The van der Waals surface area contributed by atoms with Gasteiger partial charge in [0.2, 0.25) is 0 Å². The molecule has 1 aromatic heterocycles. The van der Waals surface area contributed by atoms with Crippen molar-refractivity contribution in [1.29, 1.82) is 0 Å². The minimum Gasteiger partial charge on any atom is -0.497 e. The van der Waals surface area contributed by atoms with E-state index in [2.05, 4.69) is 45.6 Å². The molecule has 3 aromatic rings. The molecular weight excluding hydrogens is 434 g/mol. The predicted molar refractivity (Wildman–Crippen MR) is 132 cm³/mol. The lowest BCUT2D eigenvalue weighted by atomic mass is 10.1. The number of nitrogens with zero attached hydrogens (tertiary/aromatic N) is 5. The van der Waals surface area contributed by atoms with Crippen LogP contribution in [0.2, 0.25) is 0 Å². The molecule has 176 valence electrons. The van der Waals surface area contributed by atoms with Crippen molar-refractivity contribution < 1.29 is 9.47 Å². The second-order valence-corrected chi connectivity index (χ2v) is 8.60. The maximum Gasteiger partial charge on any atom is 0.199 e. The Labute approximate surface area is 201 Å². The molecule has 0 amide bonds. The summed E-state index contributed by atoms with van der Waals surface area (Å²) < 4.78 is 16.0. The summed E-state index contributed by atoms with van der Waals surface area (Å²) in [5.74, 6) is 2.75. The quantitative estimate of drug-likeness (QED) is 0.424. The zero-order valence-corrected chi connectivity index (χ0v) is 20.3. The van der Waals surface area contributed by atoms with Crippen molar-refractivity contribution in [2.75, 3.05) is 46.4 Å². The molecule has 1 fully saturated rings. The number of ether oxygens (including phenoxy) is 2. The normalized spacial score (nSPS) is 15.0. The summed E-state index contributed by atoms with van der Waals surface area (Å²) in [6, 6.07) is 18.2. The summed E-state index contributed by atoms with van der Waals surface area (Å²) in [4.78, 5) is 4.88. The van der Waals surface area contributed by atoms with E-state index in [1.54, 1.807) is 7.11 Å².